The molecule has 0 saturated heterocycles. The minimum atomic E-state index is -0.355. The number of hydrogen-bond donors (Lipinski definition) is 0. The summed E-state index contributed by atoms with van der Waals surface area (Å²) in [7, 11) is 1.40. The van der Waals surface area contributed by atoms with Crippen molar-refractivity contribution in [1.82, 2.24) is 0 Å². The zero-order valence-electron chi connectivity index (χ0n) is 14.6. The first-order chi connectivity index (χ1) is 12.8. The van der Waals surface area contributed by atoms with Gasteiger partial charge in [0.1, 0.15) is 0 Å². The van der Waals surface area contributed by atoms with Crippen LogP contribution in [-0.4, -0.2) is 13.1 Å². The van der Waals surface area contributed by atoms with Crippen LogP contribution in [0.3, 0.4) is 0 Å². The van der Waals surface area contributed by atoms with Crippen LogP contribution in [0.25, 0.3) is 17.2 Å². The zero-order chi connectivity index (χ0) is 18.2. The number of allylic oxidation sites excluding steroid dienone is 2. The maximum atomic E-state index is 12.4. The van der Waals surface area contributed by atoms with Crippen molar-refractivity contribution in [2.45, 2.75) is 0 Å². The summed E-state index contributed by atoms with van der Waals surface area (Å²) in [6.45, 7) is 0. The van der Waals surface area contributed by atoms with Gasteiger partial charge in [0.05, 0.1) is 12.7 Å². The van der Waals surface area contributed by atoms with Crippen LogP contribution in [0.2, 0.25) is 0 Å². The van der Waals surface area contributed by atoms with Crippen LogP contribution >= 0.6 is 0 Å². The Labute approximate surface area is 154 Å². The molecule has 0 amide bonds. The van der Waals surface area contributed by atoms with E-state index in [1.807, 2.05) is 97.1 Å². The van der Waals surface area contributed by atoms with E-state index in [1.54, 1.807) is 0 Å². The lowest BCUT2D eigenvalue weighted by molar-refractivity contribution is -0.133. The van der Waals surface area contributed by atoms with Gasteiger partial charge >= 0.3 is 5.97 Å². The normalized spacial score (nSPS) is 11.9. The van der Waals surface area contributed by atoms with Gasteiger partial charge in [0.25, 0.3) is 0 Å². The van der Waals surface area contributed by atoms with Crippen molar-refractivity contribution >= 4 is 23.2 Å². The number of rotatable bonds is 5. The van der Waals surface area contributed by atoms with Crippen LogP contribution in [0.5, 0.6) is 0 Å². The molecule has 0 aliphatic rings. The molecule has 0 aliphatic heterocycles. The molecule has 0 N–H and O–H groups in total. The average Bonchev–Trinajstić information content (AvgIpc) is 2.72. The quantitative estimate of drug-likeness (QED) is 0.266. The molecule has 0 heterocycles. The number of esters is 1. The number of ether oxygens (including phenoxy) is 1. The highest BCUT2D eigenvalue weighted by Crippen LogP contribution is 2.25. The van der Waals surface area contributed by atoms with Gasteiger partial charge in [-0.1, -0.05) is 91.0 Å². The minimum Gasteiger partial charge on any atom is -0.465 e. The fourth-order valence-electron chi connectivity index (χ4n) is 2.71. The molecule has 3 aromatic rings. The Morgan fingerprint density at radius 3 is 1.77 bits per heavy atom. The van der Waals surface area contributed by atoms with E-state index in [0.717, 1.165) is 22.3 Å². The van der Waals surface area contributed by atoms with Crippen molar-refractivity contribution in [3.63, 3.8) is 0 Å². The smallest absolute Gasteiger partial charge is 0.338 e. The lowest BCUT2D eigenvalue weighted by atomic mass is 9.97. The Bertz CT molecular complexity index is 908. The van der Waals surface area contributed by atoms with E-state index in [0.29, 0.717) is 5.57 Å². The molecular formula is C24H20O2. The molecule has 0 radical (unpaired) electrons. The van der Waals surface area contributed by atoms with Crippen molar-refractivity contribution < 1.29 is 9.53 Å². The molecule has 0 aromatic heterocycles. The van der Waals surface area contributed by atoms with Gasteiger partial charge < -0.3 is 4.74 Å². The monoisotopic (exact) mass is 340 g/mol. The molecule has 0 bridgehead atoms. The molecule has 0 fully saturated rings. The summed E-state index contributed by atoms with van der Waals surface area (Å²) >= 11 is 0. The maximum Gasteiger partial charge on any atom is 0.338 e. The molecule has 2 heteroatoms. The molecule has 26 heavy (non-hydrogen) atoms. The second-order valence-corrected chi connectivity index (χ2v) is 5.79. The van der Waals surface area contributed by atoms with Crippen molar-refractivity contribution in [1.29, 1.82) is 0 Å². The van der Waals surface area contributed by atoms with Gasteiger partial charge in [0.2, 0.25) is 0 Å². The average molecular weight is 340 g/mol. The van der Waals surface area contributed by atoms with Crippen LogP contribution in [0, 0.1) is 0 Å². The molecule has 3 aromatic carbocycles. The highest BCUT2D eigenvalue weighted by molar-refractivity contribution is 6.19. The predicted octanol–water partition coefficient (Wildman–Crippen LogP) is 5.48. The zero-order valence-corrected chi connectivity index (χ0v) is 14.6. The SMILES string of the molecule is COC(=O)/C(=C/C(=C/c1ccccc1)c1ccccc1)c1ccccc1. The topological polar surface area (TPSA) is 26.3 Å². The predicted molar refractivity (Wildman–Crippen MR) is 107 cm³/mol. The number of methoxy groups -OCH3 is 1. The number of carbonyl (C=O) groups is 1. The minimum absolute atomic E-state index is 0.355. The Hall–Kier alpha value is -3.39. The lowest BCUT2D eigenvalue weighted by Crippen LogP contribution is -2.04. The van der Waals surface area contributed by atoms with Crippen molar-refractivity contribution in [3.8, 4) is 0 Å². The van der Waals surface area contributed by atoms with Gasteiger partial charge in [-0.25, -0.2) is 4.79 Å². The first-order valence-electron chi connectivity index (χ1n) is 8.45. The molecule has 128 valence electrons. The van der Waals surface area contributed by atoms with E-state index < -0.39 is 0 Å². The maximum absolute atomic E-state index is 12.4. The molecule has 0 spiro atoms. The Balaban J connectivity index is 2.15. The largest absolute Gasteiger partial charge is 0.465 e. The van der Waals surface area contributed by atoms with Gasteiger partial charge in [0, 0.05) is 0 Å². The van der Waals surface area contributed by atoms with Crippen LogP contribution in [0.4, 0.5) is 0 Å². The van der Waals surface area contributed by atoms with Crippen LogP contribution in [0.15, 0.2) is 97.1 Å². The molecule has 0 saturated carbocycles. The Morgan fingerprint density at radius 2 is 1.23 bits per heavy atom. The summed E-state index contributed by atoms with van der Waals surface area (Å²) in [6, 6.07) is 29.6. The van der Waals surface area contributed by atoms with Gasteiger partial charge in [-0.15, -0.1) is 0 Å². The van der Waals surface area contributed by atoms with Crippen LogP contribution in [0.1, 0.15) is 16.7 Å². The lowest BCUT2D eigenvalue weighted by Gasteiger charge is -2.09. The van der Waals surface area contributed by atoms with Crippen LogP contribution < -0.4 is 0 Å². The highest BCUT2D eigenvalue weighted by atomic mass is 16.5. The highest BCUT2D eigenvalue weighted by Gasteiger charge is 2.13. The third-order valence-corrected chi connectivity index (χ3v) is 4.02. The van der Waals surface area contributed by atoms with E-state index in [1.165, 1.54) is 7.11 Å². The Morgan fingerprint density at radius 1 is 0.731 bits per heavy atom. The van der Waals surface area contributed by atoms with E-state index in [9.17, 15) is 4.79 Å². The summed E-state index contributed by atoms with van der Waals surface area (Å²) in [5.74, 6) is -0.355. The molecular weight excluding hydrogens is 320 g/mol. The summed E-state index contributed by atoms with van der Waals surface area (Å²) in [4.78, 5) is 12.4. The summed E-state index contributed by atoms with van der Waals surface area (Å²) in [5.41, 5.74) is 4.41. The van der Waals surface area contributed by atoms with E-state index in [4.69, 9.17) is 4.74 Å². The Kier molecular flexibility index (Phi) is 5.79. The fourth-order valence-corrected chi connectivity index (χ4v) is 2.71. The summed E-state index contributed by atoms with van der Waals surface area (Å²) < 4.78 is 5.02. The summed E-state index contributed by atoms with van der Waals surface area (Å²) in [5, 5.41) is 0. The number of benzene rings is 3. The summed E-state index contributed by atoms with van der Waals surface area (Å²) in [6.07, 6.45) is 3.96. The number of carbonyl (C=O) groups excluding carboxylic acids is 1. The van der Waals surface area contributed by atoms with Crippen molar-refractivity contribution in [3.05, 3.63) is 114 Å². The van der Waals surface area contributed by atoms with Gasteiger partial charge in [-0.3, -0.25) is 0 Å². The van der Waals surface area contributed by atoms with Crippen LogP contribution in [-0.2, 0) is 9.53 Å². The third-order valence-electron chi connectivity index (χ3n) is 4.02. The van der Waals surface area contributed by atoms with E-state index in [-0.39, 0.29) is 5.97 Å². The van der Waals surface area contributed by atoms with Gasteiger partial charge in [0.15, 0.2) is 0 Å². The first-order valence-corrected chi connectivity index (χ1v) is 8.45. The number of hydrogen-bond acceptors (Lipinski definition) is 2. The molecule has 2 nitrogen and oxygen atoms in total. The van der Waals surface area contributed by atoms with Gasteiger partial charge in [-0.2, -0.15) is 0 Å². The third kappa shape index (κ3) is 4.37. The van der Waals surface area contributed by atoms with Crippen molar-refractivity contribution in [2.24, 2.45) is 0 Å². The second kappa shape index (κ2) is 8.63. The fraction of sp³-hybridized carbons (Fsp3) is 0.0417. The molecule has 0 aliphatic carbocycles. The first kappa shape index (κ1) is 17.4. The van der Waals surface area contributed by atoms with E-state index in [2.05, 4.69) is 6.08 Å². The van der Waals surface area contributed by atoms with Gasteiger partial charge in [-0.05, 0) is 34.4 Å². The van der Waals surface area contributed by atoms with Crippen molar-refractivity contribution in [2.75, 3.05) is 7.11 Å². The molecule has 3 rings (SSSR count). The second-order valence-electron chi connectivity index (χ2n) is 5.79. The van der Waals surface area contributed by atoms with E-state index >= 15 is 0 Å². The standard InChI is InChI=1S/C24H20O2/c1-26-24(25)23(21-15-9-4-10-16-21)18-22(20-13-7-3-8-14-20)17-19-11-5-2-6-12-19/h2-18H,1H3/b22-17-,23-18+. The molecule has 0 unspecified atom stereocenters. The molecule has 0 atom stereocenters.